The van der Waals surface area contributed by atoms with Crippen molar-refractivity contribution in [2.45, 2.75) is 44.7 Å². The molecule has 6 nitrogen and oxygen atoms in total. The molecule has 1 aromatic heterocycles. The Balaban J connectivity index is 2.12. The van der Waals surface area contributed by atoms with Crippen LogP contribution < -0.4 is 10.9 Å². The molecule has 0 radical (unpaired) electrons. The van der Waals surface area contributed by atoms with Crippen LogP contribution in [-0.2, 0) is 9.53 Å². The van der Waals surface area contributed by atoms with Gasteiger partial charge >= 0.3 is 5.97 Å². The highest BCUT2D eigenvalue weighted by Crippen LogP contribution is 2.40. The Labute approximate surface area is 179 Å². The molecule has 2 N–H and O–H groups in total. The van der Waals surface area contributed by atoms with Crippen LogP contribution in [-0.4, -0.2) is 28.3 Å². The number of unbranched alkanes of at least 4 members (excludes halogenated alkanes) is 1. The molecule has 29 heavy (non-hydrogen) atoms. The first-order valence-electron chi connectivity index (χ1n) is 9.63. The molecule has 8 heteroatoms. The van der Waals surface area contributed by atoms with Gasteiger partial charge in [0.15, 0.2) is 5.16 Å². The van der Waals surface area contributed by atoms with Crippen molar-refractivity contribution >= 4 is 35.1 Å². The molecule has 0 spiro atoms. The Morgan fingerprint density at radius 1 is 1.28 bits per heavy atom. The number of halogens is 1. The molecule has 0 saturated heterocycles. The van der Waals surface area contributed by atoms with Crippen molar-refractivity contribution in [1.29, 1.82) is 0 Å². The predicted octanol–water partition coefficient (Wildman–Crippen LogP) is 4.71. The lowest BCUT2D eigenvalue weighted by atomic mass is 9.82. The quantitative estimate of drug-likeness (QED) is 0.285. The number of ether oxygens (including phenoxy) is 1. The first-order valence-corrected chi connectivity index (χ1v) is 11.0. The highest BCUT2D eigenvalue weighted by molar-refractivity contribution is 7.99. The number of rotatable bonds is 7. The Kier molecular flexibility index (Phi) is 7.03. The minimum Gasteiger partial charge on any atom is -0.463 e. The fourth-order valence-electron chi connectivity index (χ4n) is 3.28. The van der Waals surface area contributed by atoms with E-state index in [0.29, 0.717) is 32.8 Å². The number of hydrogen-bond donors (Lipinski definition) is 2. The van der Waals surface area contributed by atoms with Crippen LogP contribution >= 0.6 is 23.4 Å². The van der Waals surface area contributed by atoms with E-state index in [1.807, 2.05) is 12.1 Å². The van der Waals surface area contributed by atoms with Gasteiger partial charge in [-0.15, -0.1) is 0 Å². The lowest BCUT2D eigenvalue weighted by Crippen LogP contribution is -2.31. The van der Waals surface area contributed by atoms with Crippen molar-refractivity contribution in [1.82, 2.24) is 9.97 Å². The third-order valence-corrected chi connectivity index (χ3v) is 5.87. The molecular weight excluding hydrogens is 410 g/mol. The fourth-order valence-corrected chi connectivity index (χ4v) is 4.35. The van der Waals surface area contributed by atoms with Gasteiger partial charge in [-0.25, -0.2) is 9.78 Å². The van der Waals surface area contributed by atoms with E-state index in [1.165, 1.54) is 11.8 Å². The smallest absolute Gasteiger partial charge is 0.336 e. The summed E-state index contributed by atoms with van der Waals surface area (Å²) in [6, 6.07) is 7.12. The van der Waals surface area contributed by atoms with Crippen molar-refractivity contribution < 1.29 is 9.53 Å². The third kappa shape index (κ3) is 4.67. The summed E-state index contributed by atoms with van der Waals surface area (Å²) in [5, 5.41) is 4.29. The second-order valence-electron chi connectivity index (χ2n) is 6.70. The number of benzene rings is 1. The lowest BCUT2D eigenvalue weighted by molar-refractivity contribution is -0.138. The summed E-state index contributed by atoms with van der Waals surface area (Å²) in [5.74, 6) is 0.303. The monoisotopic (exact) mass is 433 g/mol. The molecule has 3 rings (SSSR count). The molecule has 1 aromatic carbocycles. The van der Waals surface area contributed by atoms with Crippen LogP contribution in [0.2, 0.25) is 5.02 Å². The standard InChI is InChI=1S/C21H24ClN3O3S/c1-4-6-11-29-21-24-18-17(19(26)25-21)16(13-7-9-14(22)10-8-13)15(12(3)23-18)20(27)28-5-2/h7-10,16H,4-6,11H2,1-3H3,(H2,23,24,25,26)/t16-/m1/s1. The third-order valence-electron chi connectivity index (χ3n) is 4.66. The number of carbonyl (C=O) groups excluding carboxylic acids is 1. The molecule has 2 aromatic rings. The van der Waals surface area contributed by atoms with E-state index < -0.39 is 11.9 Å². The summed E-state index contributed by atoms with van der Waals surface area (Å²) in [6.45, 7) is 5.92. The minimum absolute atomic E-state index is 0.247. The first-order chi connectivity index (χ1) is 14.0. The van der Waals surface area contributed by atoms with Gasteiger partial charge in [-0.1, -0.05) is 48.8 Å². The summed E-state index contributed by atoms with van der Waals surface area (Å²) >= 11 is 7.56. The molecule has 0 amide bonds. The molecule has 1 aliphatic rings. The molecule has 0 aliphatic carbocycles. The maximum atomic E-state index is 13.1. The first kappa shape index (κ1) is 21.5. The number of allylic oxidation sites excluding steroid dienone is 1. The van der Waals surface area contributed by atoms with Gasteiger partial charge in [0.1, 0.15) is 5.82 Å². The molecule has 0 fully saturated rings. The molecule has 0 saturated carbocycles. The number of thioether (sulfide) groups is 1. The highest BCUT2D eigenvalue weighted by Gasteiger charge is 2.36. The summed E-state index contributed by atoms with van der Waals surface area (Å²) in [4.78, 5) is 33.3. The zero-order valence-electron chi connectivity index (χ0n) is 16.7. The van der Waals surface area contributed by atoms with E-state index in [-0.39, 0.29) is 12.2 Å². The summed E-state index contributed by atoms with van der Waals surface area (Å²) in [6.07, 6.45) is 2.11. The zero-order chi connectivity index (χ0) is 21.0. The van der Waals surface area contributed by atoms with E-state index in [2.05, 4.69) is 22.2 Å². The number of nitrogens with zero attached hydrogens (tertiary/aromatic N) is 1. The minimum atomic E-state index is -0.589. The maximum Gasteiger partial charge on any atom is 0.336 e. The van der Waals surface area contributed by atoms with Gasteiger partial charge in [-0.2, -0.15) is 0 Å². The van der Waals surface area contributed by atoms with Crippen LogP contribution in [0.5, 0.6) is 0 Å². The van der Waals surface area contributed by atoms with Crippen molar-refractivity contribution in [3.63, 3.8) is 0 Å². The normalized spacial score (nSPS) is 15.7. The maximum absolute atomic E-state index is 13.1. The second-order valence-corrected chi connectivity index (χ2v) is 8.22. The van der Waals surface area contributed by atoms with E-state index in [9.17, 15) is 9.59 Å². The average molecular weight is 434 g/mol. The molecule has 0 unspecified atom stereocenters. The molecule has 1 atom stereocenters. The number of hydrogen-bond acceptors (Lipinski definition) is 6. The molecule has 2 heterocycles. The van der Waals surface area contributed by atoms with Gasteiger partial charge in [0, 0.05) is 16.5 Å². The number of esters is 1. The van der Waals surface area contributed by atoms with Crippen molar-refractivity contribution in [2.75, 3.05) is 17.7 Å². The van der Waals surface area contributed by atoms with Gasteiger partial charge in [-0.3, -0.25) is 4.79 Å². The van der Waals surface area contributed by atoms with Crippen LogP contribution in [0.15, 0.2) is 45.5 Å². The van der Waals surface area contributed by atoms with Crippen LogP contribution in [0.25, 0.3) is 0 Å². The van der Waals surface area contributed by atoms with Crippen molar-refractivity contribution in [2.24, 2.45) is 0 Å². The number of nitrogens with one attached hydrogen (secondary N) is 2. The number of anilines is 1. The van der Waals surface area contributed by atoms with Crippen LogP contribution in [0.3, 0.4) is 0 Å². The Hall–Kier alpha value is -2.25. The predicted molar refractivity (Wildman–Crippen MR) is 117 cm³/mol. The highest BCUT2D eigenvalue weighted by atomic mass is 35.5. The number of carbonyl (C=O) groups is 1. The molecule has 154 valence electrons. The lowest BCUT2D eigenvalue weighted by Gasteiger charge is -2.28. The second kappa shape index (κ2) is 9.50. The van der Waals surface area contributed by atoms with Crippen molar-refractivity contribution in [3.8, 4) is 0 Å². The van der Waals surface area contributed by atoms with E-state index >= 15 is 0 Å². The SMILES string of the molecule is CCCCSc1nc2c(c(=O)[nH]1)[C@H](c1ccc(Cl)cc1)C(C(=O)OCC)=C(C)N2. The number of aromatic nitrogens is 2. The average Bonchev–Trinajstić information content (AvgIpc) is 2.68. The van der Waals surface area contributed by atoms with Gasteiger partial charge in [0.2, 0.25) is 0 Å². The fraction of sp³-hybridized carbons (Fsp3) is 0.381. The molecule has 0 bridgehead atoms. The summed E-state index contributed by atoms with van der Waals surface area (Å²) < 4.78 is 5.27. The number of fused-ring (bicyclic) bond motifs is 1. The van der Waals surface area contributed by atoms with Crippen LogP contribution in [0, 0.1) is 0 Å². The number of aromatic amines is 1. The molecule has 1 aliphatic heterocycles. The van der Waals surface area contributed by atoms with E-state index in [1.54, 1.807) is 26.0 Å². The van der Waals surface area contributed by atoms with Gasteiger partial charge in [0.25, 0.3) is 5.56 Å². The Bertz CT molecular complexity index is 986. The Morgan fingerprint density at radius 3 is 2.66 bits per heavy atom. The van der Waals surface area contributed by atoms with E-state index in [0.717, 1.165) is 24.2 Å². The Morgan fingerprint density at radius 2 is 2.00 bits per heavy atom. The topological polar surface area (TPSA) is 84.1 Å². The summed E-state index contributed by atoms with van der Waals surface area (Å²) in [5.41, 5.74) is 1.94. The van der Waals surface area contributed by atoms with Gasteiger partial charge < -0.3 is 15.0 Å². The largest absolute Gasteiger partial charge is 0.463 e. The van der Waals surface area contributed by atoms with Crippen LogP contribution in [0.1, 0.15) is 50.7 Å². The zero-order valence-corrected chi connectivity index (χ0v) is 18.2. The van der Waals surface area contributed by atoms with E-state index in [4.69, 9.17) is 16.3 Å². The summed E-state index contributed by atoms with van der Waals surface area (Å²) in [7, 11) is 0. The van der Waals surface area contributed by atoms with Gasteiger partial charge in [0.05, 0.1) is 23.7 Å². The number of H-pyrrole nitrogens is 1. The van der Waals surface area contributed by atoms with Crippen molar-refractivity contribution in [3.05, 3.63) is 62.0 Å². The van der Waals surface area contributed by atoms with Gasteiger partial charge in [-0.05, 0) is 38.0 Å². The molecular formula is C21H24ClN3O3S. The van der Waals surface area contributed by atoms with Crippen LogP contribution in [0.4, 0.5) is 5.82 Å².